The lowest BCUT2D eigenvalue weighted by Gasteiger charge is -2.13. The molecule has 0 aliphatic rings. The number of unbranched alkanes of at least 4 members (excludes halogenated alkanes) is 11. The van der Waals surface area contributed by atoms with Gasteiger partial charge in [-0.15, -0.1) is 17.0 Å². The molecular formula is C19H39BrN2O3. The summed E-state index contributed by atoms with van der Waals surface area (Å²) in [5.41, 5.74) is 5.06. The Kier molecular flexibility index (Phi) is 21.0. The van der Waals surface area contributed by atoms with E-state index in [0.29, 0.717) is 6.54 Å². The van der Waals surface area contributed by atoms with Crippen LogP contribution in [0.15, 0.2) is 0 Å². The number of halogens is 1. The average Bonchev–Trinajstić information content (AvgIpc) is 2.54. The lowest BCUT2D eigenvalue weighted by molar-refractivity contribution is -0.139. The molecular weight excluding hydrogens is 384 g/mol. The number of rotatable bonds is 18. The highest BCUT2D eigenvalue weighted by molar-refractivity contribution is 8.93. The molecule has 0 heterocycles. The lowest BCUT2D eigenvalue weighted by atomic mass is 10.1. The monoisotopic (exact) mass is 422 g/mol. The Labute approximate surface area is 164 Å². The highest BCUT2D eigenvalue weighted by Crippen LogP contribution is 2.11. The molecule has 0 radical (unpaired) electrons. The standard InChI is InChI=1S/C19H38N2O3.BrH/c1-2-3-4-5-6-7-8-9-10-11-12-13-16-21-17(19(23)24)14-15-18(20)22;/h17,21H,2-16H2,1H3,(H2,20,22)(H,23,24);1H/t17-;/m0./s1. The normalized spacial score (nSPS) is 11.7. The minimum absolute atomic E-state index is 0. The Balaban J connectivity index is 0. The van der Waals surface area contributed by atoms with Gasteiger partial charge in [-0.3, -0.25) is 9.59 Å². The summed E-state index contributed by atoms with van der Waals surface area (Å²) in [6, 6.07) is -0.662. The predicted molar refractivity (Wildman–Crippen MR) is 109 cm³/mol. The molecule has 0 saturated heterocycles. The van der Waals surface area contributed by atoms with Crippen LogP contribution in [0.1, 0.15) is 96.8 Å². The summed E-state index contributed by atoms with van der Waals surface area (Å²) in [5.74, 6) is -1.36. The maximum Gasteiger partial charge on any atom is 0.320 e. The zero-order valence-electron chi connectivity index (χ0n) is 15.9. The van der Waals surface area contributed by atoms with Crippen LogP contribution in [0.3, 0.4) is 0 Å². The second kappa shape index (κ2) is 19.7. The Morgan fingerprint density at radius 2 is 1.32 bits per heavy atom. The smallest absolute Gasteiger partial charge is 0.320 e. The number of amides is 1. The fourth-order valence-corrected chi connectivity index (χ4v) is 2.84. The van der Waals surface area contributed by atoms with Gasteiger partial charge in [-0.2, -0.15) is 0 Å². The summed E-state index contributed by atoms with van der Waals surface area (Å²) in [6.07, 6.45) is 15.9. The fraction of sp³-hybridized carbons (Fsp3) is 0.895. The van der Waals surface area contributed by atoms with Gasteiger partial charge in [0.05, 0.1) is 0 Å². The molecule has 0 aromatic carbocycles. The largest absolute Gasteiger partial charge is 0.480 e. The topological polar surface area (TPSA) is 92.4 Å². The van der Waals surface area contributed by atoms with Crippen molar-refractivity contribution >= 4 is 28.9 Å². The van der Waals surface area contributed by atoms with Crippen molar-refractivity contribution in [3.05, 3.63) is 0 Å². The number of nitrogens with two attached hydrogens (primary N) is 1. The van der Waals surface area contributed by atoms with Gasteiger partial charge in [0.25, 0.3) is 0 Å². The van der Waals surface area contributed by atoms with E-state index >= 15 is 0 Å². The van der Waals surface area contributed by atoms with E-state index in [9.17, 15) is 9.59 Å². The van der Waals surface area contributed by atoms with E-state index in [4.69, 9.17) is 10.8 Å². The van der Waals surface area contributed by atoms with Crippen molar-refractivity contribution in [1.29, 1.82) is 0 Å². The zero-order valence-corrected chi connectivity index (χ0v) is 17.6. The molecule has 0 rings (SSSR count). The van der Waals surface area contributed by atoms with Gasteiger partial charge in [0.15, 0.2) is 0 Å². The van der Waals surface area contributed by atoms with Crippen LogP contribution in [0, 0.1) is 0 Å². The number of primary amides is 1. The third kappa shape index (κ3) is 19.6. The Bertz CT molecular complexity index is 328. The van der Waals surface area contributed by atoms with Crippen LogP contribution in [0.2, 0.25) is 0 Å². The van der Waals surface area contributed by atoms with Gasteiger partial charge in [0.2, 0.25) is 5.91 Å². The van der Waals surface area contributed by atoms with Crippen LogP contribution in [-0.2, 0) is 9.59 Å². The quantitative estimate of drug-likeness (QED) is 0.282. The maximum absolute atomic E-state index is 11.0. The predicted octanol–water partition coefficient (Wildman–Crippen LogP) is 4.57. The summed E-state index contributed by atoms with van der Waals surface area (Å²) >= 11 is 0. The summed E-state index contributed by atoms with van der Waals surface area (Å²) in [5, 5.41) is 12.1. The van der Waals surface area contributed by atoms with E-state index in [-0.39, 0.29) is 29.8 Å². The number of carbonyl (C=O) groups is 2. The second-order valence-electron chi connectivity index (χ2n) is 6.74. The van der Waals surface area contributed by atoms with Gasteiger partial charge in [-0.05, 0) is 19.4 Å². The lowest BCUT2D eigenvalue weighted by Crippen LogP contribution is -2.38. The first-order valence-electron chi connectivity index (χ1n) is 9.82. The second-order valence-corrected chi connectivity index (χ2v) is 6.74. The molecule has 25 heavy (non-hydrogen) atoms. The number of carboxylic acid groups (broad SMARTS) is 1. The molecule has 0 aliphatic carbocycles. The molecule has 0 saturated carbocycles. The highest BCUT2D eigenvalue weighted by Gasteiger charge is 2.16. The molecule has 0 aliphatic heterocycles. The third-order valence-electron chi connectivity index (χ3n) is 4.40. The number of nitrogens with one attached hydrogen (secondary N) is 1. The van der Waals surface area contributed by atoms with Crippen molar-refractivity contribution in [2.24, 2.45) is 5.73 Å². The van der Waals surface area contributed by atoms with Crippen LogP contribution >= 0.6 is 17.0 Å². The SMILES string of the molecule is Br.CCCCCCCCCCCCCCN[C@@H](CCC(N)=O)C(=O)O. The van der Waals surface area contributed by atoms with Crippen LogP contribution < -0.4 is 11.1 Å². The molecule has 0 spiro atoms. The van der Waals surface area contributed by atoms with Crippen LogP contribution in [0.5, 0.6) is 0 Å². The van der Waals surface area contributed by atoms with E-state index in [1.807, 2.05) is 0 Å². The number of carboxylic acids is 1. The highest BCUT2D eigenvalue weighted by atomic mass is 79.9. The van der Waals surface area contributed by atoms with Crippen molar-refractivity contribution in [1.82, 2.24) is 5.32 Å². The molecule has 0 aromatic heterocycles. The summed E-state index contributed by atoms with van der Waals surface area (Å²) in [6.45, 7) is 2.94. The summed E-state index contributed by atoms with van der Waals surface area (Å²) < 4.78 is 0. The molecule has 4 N–H and O–H groups in total. The van der Waals surface area contributed by atoms with E-state index in [1.165, 1.54) is 64.2 Å². The first-order valence-corrected chi connectivity index (χ1v) is 9.82. The summed E-state index contributed by atoms with van der Waals surface area (Å²) in [4.78, 5) is 21.8. The number of aliphatic carboxylic acids is 1. The zero-order chi connectivity index (χ0) is 18.0. The van der Waals surface area contributed by atoms with Crippen molar-refractivity contribution in [2.45, 2.75) is 103 Å². The van der Waals surface area contributed by atoms with Gasteiger partial charge < -0.3 is 16.2 Å². The van der Waals surface area contributed by atoms with Crippen LogP contribution in [-0.4, -0.2) is 29.6 Å². The number of carbonyl (C=O) groups excluding carboxylic acids is 1. The van der Waals surface area contributed by atoms with Crippen LogP contribution in [0.25, 0.3) is 0 Å². The van der Waals surface area contributed by atoms with Crippen molar-refractivity contribution in [2.75, 3.05) is 6.54 Å². The van der Waals surface area contributed by atoms with Gasteiger partial charge in [-0.25, -0.2) is 0 Å². The average molecular weight is 423 g/mol. The van der Waals surface area contributed by atoms with E-state index in [2.05, 4.69) is 12.2 Å². The van der Waals surface area contributed by atoms with E-state index in [1.54, 1.807) is 0 Å². The van der Waals surface area contributed by atoms with Gasteiger partial charge in [-0.1, -0.05) is 77.6 Å². The number of hydrogen-bond donors (Lipinski definition) is 3. The Morgan fingerprint density at radius 3 is 1.72 bits per heavy atom. The van der Waals surface area contributed by atoms with Crippen molar-refractivity contribution in [3.8, 4) is 0 Å². The molecule has 6 heteroatoms. The van der Waals surface area contributed by atoms with Crippen molar-refractivity contribution in [3.63, 3.8) is 0 Å². The Morgan fingerprint density at radius 1 is 0.880 bits per heavy atom. The van der Waals surface area contributed by atoms with E-state index < -0.39 is 17.9 Å². The first-order chi connectivity index (χ1) is 11.6. The fourth-order valence-electron chi connectivity index (χ4n) is 2.84. The number of hydrogen-bond acceptors (Lipinski definition) is 3. The molecule has 0 aromatic rings. The minimum Gasteiger partial charge on any atom is -0.480 e. The van der Waals surface area contributed by atoms with Gasteiger partial charge >= 0.3 is 5.97 Å². The molecule has 0 unspecified atom stereocenters. The molecule has 0 bridgehead atoms. The first kappa shape index (κ1) is 26.6. The van der Waals surface area contributed by atoms with Crippen LogP contribution in [0.4, 0.5) is 0 Å². The molecule has 1 amide bonds. The molecule has 5 nitrogen and oxygen atoms in total. The Hall–Kier alpha value is -0.620. The maximum atomic E-state index is 11.0. The third-order valence-corrected chi connectivity index (χ3v) is 4.40. The van der Waals surface area contributed by atoms with Gasteiger partial charge in [0.1, 0.15) is 6.04 Å². The molecule has 1 atom stereocenters. The van der Waals surface area contributed by atoms with E-state index in [0.717, 1.165) is 12.8 Å². The summed E-state index contributed by atoms with van der Waals surface area (Å²) in [7, 11) is 0. The molecule has 0 fully saturated rings. The van der Waals surface area contributed by atoms with Gasteiger partial charge in [0, 0.05) is 6.42 Å². The molecule has 150 valence electrons. The van der Waals surface area contributed by atoms with Crippen molar-refractivity contribution < 1.29 is 14.7 Å². The minimum atomic E-state index is -0.907.